The van der Waals surface area contributed by atoms with Crippen molar-refractivity contribution in [3.63, 3.8) is 0 Å². The lowest BCUT2D eigenvalue weighted by atomic mass is 9.82. The average molecular weight is 449 g/mol. The average Bonchev–Trinajstić information content (AvgIpc) is 3.29. The fraction of sp³-hybridized carbons (Fsp3) is 0.258. The first-order valence-corrected chi connectivity index (χ1v) is 12.0. The largest absolute Gasteiger partial charge is 0.489 e. The summed E-state index contributed by atoms with van der Waals surface area (Å²) in [5.74, 6) is 1.41. The second-order valence-corrected chi connectivity index (χ2v) is 10.6. The van der Waals surface area contributed by atoms with Crippen molar-refractivity contribution in [1.29, 1.82) is 0 Å². The van der Waals surface area contributed by atoms with E-state index in [0.717, 1.165) is 45.8 Å². The summed E-state index contributed by atoms with van der Waals surface area (Å²) in [6.07, 6.45) is 6.69. The van der Waals surface area contributed by atoms with Crippen LogP contribution in [0.15, 0.2) is 76.5 Å². The van der Waals surface area contributed by atoms with Crippen molar-refractivity contribution < 1.29 is 8.66 Å². The normalized spacial score (nSPS) is 15.3. The highest BCUT2D eigenvalue weighted by molar-refractivity contribution is 6.11. The second kappa shape index (κ2) is 8.32. The Hall–Kier alpha value is -3.59. The monoisotopic (exact) mass is 448 g/mol. The van der Waals surface area contributed by atoms with Crippen molar-refractivity contribution >= 4 is 22.6 Å². The molecule has 0 amide bonds. The van der Waals surface area contributed by atoms with Gasteiger partial charge >= 0.3 is 0 Å². The van der Waals surface area contributed by atoms with Crippen LogP contribution >= 0.6 is 0 Å². The van der Waals surface area contributed by atoms with Gasteiger partial charge in [0.05, 0.1) is 6.26 Å². The van der Waals surface area contributed by atoms with Crippen LogP contribution in [-0.4, -0.2) is 6.21 Å². The van der Waals surface area contributed by atoms with Gasteiger partial charge in [-0.3, -0.25) is 0 Å². The molecule has 3 nitrogen and oxygen atoms in total. The van der Waals surface area contributed by atoms with Crippen LogP contribution in [0.3, 0.4) is 0 Å². The van der Waals surface area contributed by atoms with Crippen LogP contribution in [0.1, 0.15) is 57.9 Å². The fourth-order valence-electron chi connectivity index (χ4n) is 4.80. The number of rotatable bonds is 3. The van der Waals surface area contributed by atoms with Crippen molar-refractivity contribution in [2.75, 3.05) is 0 Å². The highest BCUT2D eigenvalue weighted by Crippen LogP contribution is 2.35. The van der Waals surface area contributed by atoms with Gasteiger partial charge in [0.1, 0.15) is 6.72 Å². The zero-order chi connectivity index (χ0) is 24.0. The number of aliphatic imine (C=N–C) groups is 1. The molecule has 0 aliphatic carbocycles. The Balaban J connectivity index is 1.71. The van der Waals surface area contributed by atoms with Gasteiger partial charge in [0.25, 0.3) is 0 Å². The molecule has 0 saturated carbocycles. The fourth-order valence-corrected chi connectivity index (χ4v) is 4.80. The molecule has 0 bridgehead atoms. The standard InChI is InChI=1S/C31H32N2O/c1-20(2)15-28-30-25(12-14-34-30)26(19-32-28)22-11-13-33(6)29(18-22)23-16-21-9-7-8-10-24(21)27(17-23)31(3,4)5/h7-14,16-20H,6,15H2,1-5H3. The van der Waals surface area contributed by atoms with Gasteiger partial charge in [-0.2, -0.15) is 4.24 Å². The third-order valence-corrected chi connectivity index (χ3v) is 6.48. The van der Waals surface area contributed by atoms with Gasteiger partial charge < -0.3 is 9.41 Å². The summed E-state index contributed by atoms with van der Waals surface area (Å²) in [7, 11) is 0. The summed E-state index contributed by atoms with van der Waals surface area (Å²) in [5, 5.41) is 3.65. The van der Waals surface area contributed by atoms with Gasteiger partial charge in [0, 0.05) is 23.5 Å². The lowest BCUT2D eigenvalue weighted by Gasteiger charge is -2.27. The van der Waals surface area contributed by atoms with Gasteiger partial charge in [-0.1, -0.05) is 94.6 Å². The molecule has 0 saturated heterocycles. The van der Waals surface area contributed by atoms with E-state index in [1.165, 1.54) is 16.3 Å². The predicted octanol–water partition coefficient (Wildman–Crippen LogP) is 6.53. The molecular formula is C31H32N2O. The summed E-state index contributed by atoms with van der Waals surface area (Å²) < 4.78 is 7.82. The molecule has 172 valence electrons. The van der Waals surface area contributed by atoms with Crippen molar-refractivity contribution in [2.45, 2.75) is 46.5 Å². The molecule has 4 aromatic rings. The first-order valence-electron chi connectivity index (χ1n) is 12.0. The van der Waals surface area contributed by atoms with Crippen LogP contribution in [0.25, 0.3) is 27.6 Å². The van der Waals surface area contributed by atoms with Gasteiger partial charge in [-0.15, -0.1) is 0 Å². The maximum atomic E-state index is 5.87. The molecular weight excluding hydrogens is 416 g/mol. The number of furan rings is 1. The number of nitrogens with zero attached hydrogens (tertiary/aromatic N) is 2. The van der Waals surface area contributed by atoms with E-state index in [4.69, 9.17) is 9.41 Å². The Labute approximate surface area is 201 Å². The van der Waals surface area contributed by atoms with Crippen molar-refractivity contribution in [2.24, 2.45) is 10.9 Å². The van der Waals surface area contributed by atoms with Gasteiger partial charge in [-0.05, 0) is 45.1 Å². The minimum Gasteiger partial charge on any atom is -0.489 e. The van der Waals surface area contributed by atoms with Crippen LogP contribution in [0.2, 0.25) is 0 Å². The summed E-state index contributed by atoms with van der Waals surface area (Å²) in [5.41, 5.74) is 5.77. The maximum absolute atomic E-state index is 5.87. The lowest BCUT2D eigenvalue weighted by molar-refractivity contribution is -0.486. The van der Waals surface area contributed by atoms with E-state index in [9.17, 15) is 0 Å². The van der Waals surface area contributed by atoms with Crippen LogP contribution in [-0.2, 0) is 5.41 Å². The third kappa shape index (κ3) is 3.96. The number of fused-ring (bicyclic) bond motifs is 2. The van der Waals surface area contributed by atoms with E-state index in [0.29, 0.717) is 5.92 Å². The molecule has 1 aliphatic rings. The predicted molar refractivity (Wildman–Crippen MR) is 140 cm³/mol. The Kier molecular flexibility index (Phi) is 5.44. The summed E-state index contributed by atoms with van der Waals surface area (Å²) in [6.45, 7) is 15.5. The first-order chi connectivity index (χ1) is 16.2. The highest BCUT2D eigenvalue weighted by atomic mass is 16.3. The van der Waals surface area contributed by atoms with E-state index in [2.05, 4.69) is 95.9 Å². The number of benzene rings is 2. The number of hydrogen-bond donors (Lipinski definition) is 0. The first kappa shape index (κ1) is 22.2. The Morgan fingerprint density at radius 1 is 1.06 bits per heavy atom. The minimum atomic E-state index is 0.0261. The van der Waals surface area contributed by atoms with E-state index in [-0.39, 0.29) is 5.41 Å². The summed E-state index contributed by atoms with van der Waals surface area (Å²) in [6, 6.07) is 20.6. The van der Waals surface area contributed by atoms with Crippen molar-refractivity contribution in [3.05, 3.63) is 102 Å². The van der Waals surface area contributed by atoms with Gasteiger partial charge in [0.2, 0.25) is 5.69 Å². The van der Waals surface area contributed by atoms with E-state index < -0.39 is 0 Å². The van der Waals surface area contributed by atoms with Crippen LogP contribution in [0.5, 0.6) is 0 Å². The van der Waals surface area contributed by atoms with Crippen molar-refractivity contribution in [1.82, 2.24) is 0 Å². The van der Waals surface area contributed by atoms with Gasteiger partial charge in [0.15, 0.2) is 6.20 Å². The lowest BCUT2D eigenvalue weighted by Crippen LogP contribution is -2.23. The molecule has 0 radical (unpaired) electrons. The Bertz CT molecular complexity index is 1520. The summed E-state index contributed by atoms with van der Waals surface area (Å²) in [4.78, 5) is 4.79. The molecule has 0 fully saturated rings. The number of hydrogen-bond acceptors (Lipinski definition) is 2. The topological polar surface area (TPSA) is 31.4 Å². The smallest absolute Gasteiger partial charge is 0.217 e. The molecule has 0 spiro atoms. The molecule has 2 aromatic carbocycles. The van der Waals surface area contributed by atoms with Crippen molar-refractivity contribution in [3.8, 4) is 11.3 Å². The van der Waals surface area contributed by atoms with Crippen LogP contribution in [0.4, 0.5) is 0 Å². The zero-order valence-electron chi connectivity index (χ0n) is 20.7. The van der Waals surface area contributed by atoms with Crippen LogP contribution < -0.4 is 9.46 Å². The third-order valence-electron chi connectivity index (χ3n) is 6.48. The zero-order valence-corrected chi connectivity index (χ0v) is 20.7. The maximum Gasteiger partial charge on any atom is 0.217 e. The molecule has 34 heavy (non-hydrogen) atoms. The molecule has 0 N–H and O–H groups in total. The Morgan fingerprint density at radius 3 is 2.62 bits per heavy atom. The molecule has 2 aromatic heterocycles. The van der Waals surface area contributed by atoms with E-state index in [1.807, 2.05) is 16.7 Å². The van der Waals surface area contributed by atoms with E-state index in [1.54, 1.807) is 6.26 Å². The highest BCUT2D eigenvalue weighted by Gasteiger charge is 2.21. The molecule has 0 unspecified atom stereocenters. The Morgan fingerprint density at radius 2 is 1.85 bits per heavy atom. The molecule has 3 heterocycles. The summed E-state index contributed by atoms with van der Waals surface area (Å²) >= 11 is 0. The molecule has 1 aliphatic heterocycles. The quantitative estimate of drug-likeness (QED) is 0.259. The molecule has 5 rings (SSSR count). The number of aromatic nitrogens is 1. The minimum absolute atomic E-state index is 0.0261. The molecule has 3 heteroatoms. The van der Waals surface area contributed by atoms with Crippen LogP contribution in [0, 0.1) is 18.7 Å². The van der Waals surface area contributed by atoms with Gasteiger partial charge in [-0.25, -0.2) is 0 Å². The number of pyridine rings is 1. The second-order valence-electron chi connectivity index (χ2n) is 10.6. The molecule has 0 atom stereocenters. The van der Waals surface area contributed by atoms with E-state index >= 15 is 0 Å². The SMILES string of the molecule is C=[n+]1ccc(=C2C=N[C-](CC(C)C)c3occc32)cc1-c1cc(C(C)(C)C)c2ccccc2c1.